The van der Waals surface area contributed by atoms with Gasteiger partial charge < -0.3 is 16.0 Å². The number of aryl methyl sites for hydroxylation is 1. The van der Waals surface area contributed by atoms with Crippen LogP contribution in [0.1, 0.15) is 39.9 Å². The van der Waals surface area contributed by atoms with Gasteiger partial charge in [0.05, 0.1) is 15.2 Å². The van der Waals surface area contributed by atoms with Gasteiger partial charge in [0.15, 0.2) is 0 Å². The van der Waals surface area contributed by atoms with E-state index in [4.69, 9.17) is 5.73 Å². The molecule has 0 radical (unpaired) electrons. The fourth-order valence-electron chi connectivity index (χ4n) is 3.41. The first-order valence-corrected chi connectivity index (χ1v) is 9.59. The zero-order chi connectivity index (χ0) is 19.0. The summed E-state index contributed by atoms with van der Waals surface area (Å²) in [5, 5.41) is 10.8. The number of H-pyrrole nitrogens is 1. The van der Waals surface area contributed by atoms with Crippen molar-refractivity contribution in [3.63, 3.8) is 0 Å². The summed E-state index contributed by atoms with van der Waals surface area (Å²) in [6.07, 6.45) is 1.81. The van der Waals surface area contributed by atoms with Crippen LogP contribution in [-0.2, 0) is 0 Å². The summed E-state index contributed by atoms with van der Waals surface area (Å²) >= 11 is 1.61. The average Bonchev–Trinajstić information content (AvgIpc) is 3.27. The van der Waals surface area contributed by atoms with Crippen molar-refractivity contribution in [3.8, 4) is 0 Å². The number of carbonyl (C=O) groups is 2. The molecule has 1 aliphatic heterocycles. The molecule has 0 aliphatic carbocycles. The van der Waals surface area contributed by atoms with Gasteiger partial charge in [-0.15, -0.1) is 11.3 Å². The lowest BCUT2D eigenvalue weighted by atomic mass is 9.95. The number of likely N-dealkylation sites (tertiary alicyclic amines) is 1. The Labute approximate surface area is 159 Å². The molecule has 9 heteroatoms. The zero-order valence-electron chi connectivity index (χ0n) is 14.9. The number of rotatable bonds is 3. The minimum absolute atomic E-state index is 0.108. The Balaban J connectivity index is 1.44. The van der Waals surface area contributed by atoms with E-state index in [1.807, 2.05) is 25.1 Å². The maximum Gasteiger partial charge on any atom is 0.321 e. The number of nitrogens with zero attached hydrogens (tertiary/aromatic N) is 3. The van der Waals surface area contributed by atoms with Crippen LogP contribution in [0.2, 0.25) is 0 Å². The van der Waals surface area contributed by atoms with Crippen LogP contribution in [-0.4, -0.2) is 45.1 Å². The quantitative estimate of drug-likeness (QED) is 0.643. The number of urea groups is 1. The molecule has 0 spiro atoms. The van der Waals surface area contributed by atoms with Gasteiger partial charge >= 0.3 is 6.03 Å². The first kappa shape index (κ1) is 17.5. The van der Waals surface area contributed by atoms with E-state index in [9.17, 15) is 9.59 Å². The van der Waals surface area contributed by atoms with E-state index in [1.165, 1.54) is 0 Å². The number of carbonyl (C=O) groups excluding carboxylic acids is 2. The van der Waals surface area contributed by atoms with E-state index in [2.05, 4.69) is 20.5 Å². The zero-order valence-corrected chi connectivity index (χ0v) is 15.7. The molecule has 3 aromatic rings. The van der Waals surface area contributed by atoms with Crippen molar-refractivity contribution in [3.05, 3.63) is 40.7 Å². The van der Waals surface area contributed by atoms with Gasteiger partial charge in [-0.2, -0.15) is 5.10 Å². The highest BCUT2D eigenvalue weighted by Crippen LogP contribution is 2.28. The smallest absolute Gasteiger partial charge is 0.321 e. The summed E-state index contributed by atoms with van der Waals surface area (Å²) in [5.41, 5.74) is 8.02. The minimum Gasteiger partial charge on any atom is -0.364 e. The van der Waals surface area contributed by atoms with Crippen LogP contribution in [0.15, 0.2) is 24.3 Å². The van der Waals surface area contributed by atoms with Crippen LogP contribution in [0.25, 0.3) is 10.2 Å². The van der Waals surface area contributed by atoms with Gasteiger partial charge in [-0.25, -0.2) is 9.78 Å². The summed E-state index contributed by atoms with van der Waals surface area (Å²) < 4.78 is 1.05. The fraction of sp³-hybridized carbons (Fsp3) is 0.333. The fourth-order valence-corrected chi connectivity index (χ4v) is 4.27. The first-order valence-electron chi connectivity index (χ1n) is 8.78. The molecule has 1 fully saturated rings. The highest BCUT2D eigenvalue weighted by atomic mass is 32.1. The molecule has 140 valence electrons. The maximum atomic E-state index is 12.7. The molecule has 1 atom stereocenters. The number of nitrogens with two attached hydrogens (primary N) is 1. The monoisotopic (exact) mass is 384 g/mol. The third-order valence-electron chi connectivity index (χ3n) is 4.75. The van der Waals surface area contributed by atoms with Gasteiger partial charge in [-0.1, -0.05) is 0 Å². The topological polar surface area (TPSA) is 117 Å². The molecule has 4 N–H and O–H groups in total. The number of hydrogen-bond acceptors (Lipinski definition) is 5. The summed E-state index contributed by atoms with van der Waals surface area (Å²) in [4.78, 5) is 30.2. The van der Waals surface area contributed by atoms with Crippen LogP contribution in [0.3, 0.4) is 0 Å². The van der Waals surface area contributed by atoms with E-state index >= 15 is 0 Å². The summed E-state index contributed by atoms with van der Waals surface area (Å²) in [7, 11) is 0. The second kappa shape index (κ2) is 6.99. The largest absolute Gasteiger partial charge is 0.364 e. The molecular formula is C18H20N6O2S. The number of piperidine rings is 1. The van der Waals surface area contributed by atoms with Crippen molar-refractivity contribution < 1.29 is 9.59 Å². The standard InChI is InChI=1S/C18H20N6O2S/c1-10-20-13-5-4-12(7-16(13)27-10)21-18(26)24-6-2-3-11(9-24)14-8-15(17(19)25)23-22-14/h4-5,7-8,11H,2-3,6,9H2,1H3,(H2,19,25)(H,21,26)(H,22,23). The van der Waals surface area contributed by atoms with E-state index in [0.29, 0.717) is 13.1 Å². The predicted molar refractivity (Wildman–Crippen MR) is 104 cm³/mol. The first-order chi connectivity index (χ1) is 13.0. The summed E-state index contributed by atoms with van der Waals surface area (Å²) in [6, 6.07) is 7.29. The molecule has 1 saturated heterocycles. The van der Waals surface area contributed by atoms with Crippen LogP contribution in [0, 0.1) is 6.92 Å². The highest BCUT2D eigenvalue weighted by molar-refractivity contribution is 7.18. The molecule has 1 unspecified atom stereocenters. The van der Waals surface area contributed by atoms with Gasteiger partial charge in [0.25, 0.3) is 5.91 Å². The van der Waals surface area contributed by atoms with Crippen LogP contribution >= 0.6 is 11.3 Å². The Morgan fingerprint density at radius 2 is 2.22 bits per heavy atom. The third kappa shape index (κ3) is 3.63. The number of aromatic nitrogens is 3. The number of anilines is 1. The molecule has 1 aromatic carbocycles. The van der Waals surface area contributed by atoms with Crippen molar-refractivity contribution in [2.24, 2.45) is 5.73 Å². The van der Waals surface area contributed by atoms with Gasteiger partial charge in [-0.05, 0) is 44.0 Å². The third-order valence-corrected chi connectivity index (χ3v) is 5.68. The average molecular weight is 384 g/mol. The second-order valence-electron chi connectivity index (χ2n) is 6.70. The van der Waals surface area contributed by atoms with E-state index in [0.717, 1.165) is 39.4 Å². The Hall–Kier alpha value is -2.94. The molecule has 0 saturated carbocycles. The maximum absolute atomic E-state index is 12.7. The molecule has 4 rings (SSSR count). The number of amides is 3. The molecule has 1 aliphatic rings. The molecule has 2 aromatic heterocycles. The van der Waals surface area contributed by atoms with Crippen LogP contribution < -0.4 is 11.1 Å². The van der Waals surface area contributed by atoms with E-state index in [-0.39, 0.29) is 17.6 Å². The minimum atomic E-state index is -0.559. The van der Waals surface area contributed by atoms with Gasteiger partial charge in [-0.3, -0.25) is 9.89 Å². The number of aromatic amines is 1. The van der Waals surface area contributed by atoms with Crippen molar-refractivity contribution in [2.45, 2.75) is 25.7 Å². The van der Waals surface area contributed by atoms with Crippen molar-refractivity contribution in [1.29, 1.82) is 0 Å². The molecule has 27 heavy (non-hydrogen) atoms. The van der Waals surface area contributed by atoms with Crippen LogP contribution in [0.4, 0.5) is 10.5 Å². The lowest BCUT2D eigenvalue weighted by Gasteiger charge is -2.32. The van der Waals surface area contributed by atoms with Gasteiger partial charge in [0.1, 0.15) is 5.69 Å². The number of nitrogens with one attached hydrogen (secondary N) is 2. The van der Waals surface area contributed by atoms with E-state index in [1.54, 1.807) is 22.3 Å². The van der Waals surface area contributed by atoms with Crippen molar-refractivity contribution in [1.82, 2.24) is 20.1 Å². The van der Waals surface area contributed by atoms with Crippen LogP contribution in [0.5, 0.6) is 0 Å². The van der Waals surface area contributed by atoms with Gasteiger partial charge in [0, 0.05) is 30.4 Å². The predicted octanol–water partition coefficient (Wildman–Crippen LogP) is 2.84. The number of hydrogen-bond donors (Lipinski definition) is 3. The lowest BCUT2D eigenvalue weighted by Crippen LogP contribution is -2.41. The molecule has 3 heterocycles. The normalized spacial score (nSPS) is 17.2. The highest BCUT2D eigenvalue weighted by Gasteiger charge is 2.26. The van der Waals surface area contributed by atoms with E-state index < -0.39 is 5.91 Å². The van der Waals surface area contributed by atoms with Crippen molar-refractivity contribution >= 4 is 39.2 Å². The lowest BCUT2D eigenvalue weighted by molar-refractivity contribution is 0.0995. The molecule has 0 bridgehead atoms. The van der Waals surface area contributed by atoms with Gasteiger partial charge in [0.2, 0.25) is 0 Å². The number of thiazole rings is 1. The molecule has 3 amide bonds. The second-order valence-corrected chi connectivity index (χ2v) is 7.94. The number of fused-ring (bicyclic) bond motifs is 1. The Morgan fingerprint density at radius 3 is 3.00 bits per heavy atom. The summed E-state index contributed by atoms with van der Waals surface area (Å²) in [5.74, 6) is -0.451. The van der Waals surface area contributed by atoms with Crippen molar-refractivity contribution in [2.75, 3.05) is 18.4 Å². The summed E-state index contributed by atoms with van der Waals surface area (Å²) in [6.45, 7) is 3.23. The SMILES string of the molecule is Cc1nc2ccc(NC(=O)N3CCCC(c4cc(C(N)=O)n[nH]4)C3)cc2s1. The Bertz CT molecular complexity index is 1010. The Kier molecular flexibility index (Phi) is 4.53. The Morgan fingerprint density at radius 1 is 1.37 bits per heavy atom. The number of benzene rings is 1. The molecular weight excluding hydrogens is 364 g/mol. The number of primary amides is 1. The molecule has 8 nitrogen and oxygen atoms in total.